The highest BCUT2D eigenvalue weighted by molar-refractivity contribution is 6.04. The van der Waals surface area contributed by atoms with Crippen molar-refractivity contribution in [1.82, 2.24) is 10.6 Å². The van der Waals surface area contributed by atoms with Crippen molar-refractivity contribution >= 4 is 23.4 Å². The maximum atomic E-state index is 15.0. The third kappa shape index (κ3) is 5.56. The number of anilines is 1. The van der Waals surface area contributed by atoms with E-state index in [1.807, 2.05) is 0 Å². The number of carbonyl (C=O) groups is 3. The van der Waals surface area contributed by atoms with Crippen molar-refractivity contribution in [3.63, 3.8) is 0 Å². The fourth-order valence-electron chi connectivity index (χ4n) is 4.25. The van der Waals surface area contributed by atoms with Crippen molar-refractivity contribution < 1.29 is 27.6 Å². The van der Waals surface area contributed by atoms with E-state index in [1.165, 1.54) is 60.9 Å². The molecule has 0 bridgehead atoms. The van der Waals surface area contributed by atoms with Gasteiger partial charge in [-0.05, 0) is 43.2 Å². The molecule has 0 radical (unpaired) electrons. The summed E-state index contributed by atoms with van der Waals surface area (Å²) >= 11 is 0. The molecule has 1 aliphatic rings. The van der Waals surface area contributed by atoms with Gasteiger partial charge in [0.1, 0.15) is 17.7 Å². The Balaban J connectivity index is 1.71. The number of para-hydroxylation sites is 1. The van der Waals surface area contributed by atoms with Gasteiger partial charge >= 0.3 is 0 Å². The van der Waals surface area contributed by atoms with Gasteiger partial charge in [0, 0.05) is 11.6 Å². The first-order valence-electron chi connectivity index (χ1n) is 11.4. The lowest BCUT2D eigenvalue weighted by molar-refractivity contribution is -0.126. The standard InChI is InChI=1S/C26H25F2N3O4/c27-19-11-4-3-10-18(19)24(26(34)30-17-8-1-2-9-17)31(21-13-6-5-12-20(21)28)23(32)16-29-25(33)22-14-7-15-35-22/h3-7,10-15,17,24H,1-2,8-9,16H2,(H,29,33)(H,30,34)/t24-/m0/s1. The zero-order valence-electron chi connectivity index (χ0n) is 18.9. The van der Waals surface area contributed by atoms with E-state index >= 15 is 0 Å². The molecule has 0 aliphatic heterocycles. The first-order chi connectivity index (χ1) is 17.0. The first-order valence-corrected chi connectivity index (χ1v) is 11.4. The summed E-state index contributed by atoms with van der Waals surface area (Å²) in [4.78, 5) is 40.2. The summed E-state index contributed by atoms with van der Waals surface area (Å²) in [5, 5.41) is 5.31. The number of nitrogens with one attached hydrogen (secondary N) is 2. The average molecular weight is 481 g/mol. The zero-order valence-corrected chi connectivity index (χ0v) is 18.9. The minimum absolute atomic E-state index is 0.0140. The van der Waals surface area contributed by atoms with Gasteiger partial charge in [-0.3, -0.25) is 19.3 Å². The largest absolute Gasteiger partial charge is 0.459 e. The van der Waals surface area contributed by atoms with Gasteiger partial charge in [-0.25, -0.2) is 8.78 Å². The Bertz CT molecular complexity index is 1190. The monoisotopic (exact) mass is 481 g/mol. The summed E-state index contributed by atoms with van der Waals surface area (Å²) in [6.07, 6.45) is 4.74. The molecule has 0 unspecified atom stereocenters. The van der Waals surface area contributed by atoms with Gasteiger partial charge in [0.25, 0.3) is 5.91 Å². The summed E-state index contributed by atoms with van der Waals surface area (Å²) < 4.78 is 34.9. The van der Waals surface area contributed by atoms with Crippen LogP contribution in [0.25, 0.3) is 0 Å². The van der Waals surface area contributed by atoms with Crippen molar-refractivity contribution in [3.8, 4) is 0 Å². The number of amides is 3. The average Bonchev–Trinajstić information content (AvgIpc) is 3.57. The van der Waals surface area contributed by atoms with Crippen molar-refractivity contribution in [1.29, 1.82) is 0 Å². The molecule has 9 heteroatoms. The molecule has 0 spiro atoms. The quantitative estimate of drug-likeness (QED) is 0.506. The predicted molar refractivity (Wildman–Crippen MR) is 124 cm³/mol. The lowest BCUT2D eigenvalue weighted by Crippen LogP contribution is -2.49. The summed E-state index contributed by atoms with van der Waals surface area (Å²) in [5.41, 5.74) is -0.295. The molecule has 4 rings (SSSR count). The molecule has 1 atom stereocenters. The molecule has 182 valence electrons. The molecular formula is C26H25F2N3O4. The van der Waals surface area contributed by atoms with E-state index in [2.05, 4.69) is 10.6 Å². The van der Waals surface area contributed by atoms with Crippen molar-refractivity contribution in [3.05, 3.63) is 89.9 Å². The second-order valence-corrected chi connectivity index (χ2v) is 8.29. The number of halogens is 2. The van der Waals surface area contributed by atoms with Crippen LogP contribution in [-0.2, 0) is 9.59 Å². The second-order valence-electron chi connectivity index (χ2n) is 8.29. The molecule has 2 N–H and O–H groups in total. The highest BCUT2D eigenvalue weighted by Gasteiger charge is 2.37. The van der Waals surface area contributed by atoms with Crippen LogP contribution in [0.3, 0.4) is 0 Å². The van der Waals surface area contributed by atoms with E-state index in [0.717, 1.165) is 36.6 Å². The Morgan fingerprint density at radius 2 is 1.63 bits per heavy atom. The Kier molecular flexibility index (Phi) is 7.54. The maximum absolute atomic E-state index is 15.0. The summed E-state index contributed by atoms with van der Waals surface area (Å²) in [7, 11) is 0. The van der Waals surface area contributed by atoms with Gasteiger partial charge in [-0.15, -0.1) is 0 Å². The third-order valence-corrected chi connectivity index (χ3v) is 5.93. The Hall–Kier alpha value is -4.01. The van der Waals surface area contributed by atoms with Crippen molar-refractivity contribution in [2.75, 3.05) is 11.4 Å². The molecule has 3 amide bonds. The molecule has 1 heterocycles. The van der Waals surface area contributed by atoms with E-state index < -0.39 is 41.9 Å². The van der Waals surface area contributed by atoms with Crippen LogP contribution in [0.5, 0.6) is 0 Å². The highest BCUT2D eigenvalue weighted by atomic mass is 19.1. The fraction of sp³-hybridized carbons (Fsp3) is 0.269. The number of benzene rings is 2. The predicted octanol–water partition coefficient (Wildman–Crippen LogP) is 4.12. The number of hydrogen-bond acceptors (Lipinski definition) is 4. The van der Waals surface area contributed by atoms with Gasteiger partial charge in [0.05, 0.1) is 18.5 Å². The van der Waals surface area contributed by atoms with Gasteiger partial charge in [0.15, 0.2) is 5.76 Å². The van der Waals surface area contributed by atoms with Gasteiger partial charge < -0.3 is 15.1 Å². The summed E-state index contributed by atoms with van der Waals surface area (Å²) in [5.74, 6) is -3.59. The van der Waals surface area contributed by atoms with E-state index in [0.29, 0.717) is 0 Å². The maximum Gasteiger partial charge on any atom is 0.287 e. The van der Waals surface area contributed by atoms with Crippen LogP contribution < -0.4 is 15.5 Å². The fourth-order valence-corrected chi connectivity index (χ4v) is 4.25. The molecule has 0 saturated heterocycles. The minimum atomic E-state index is -1.50. The summed E-state index contributed by atoms with van der Waals surface area (Å²) in [6.45, 7) is -0.574. The Morgan fingerprint density at radius 1 is 0.943 bits per heavy atom. The molecule has 3 aromatic rings. The zero-order chi connectivity index (χ0) is 24.8. The van der Waals surface area contributed by atoms with Crippen LogP contribution in [0.4, 0.5) is 14.5 Å². The van der Waals surface area contributed by atoms with Gasteiger partial charge in [-0.2, -0.15) is 0 Å². The van der Waals surface area contributed by atoms with Crippen molar-refractivity contribution in [2.24, 2.45) is 0 Å². The smallest absolute Gasteiger partial charge is 0.287 e. The molecule has 1 fully saturated rings. The number of carbonyl (C=O) groups excluding carboxylic acids is 3. The third-order valence-electron chi connectivity index (χ3n) is 5.93. The lowest BCUT2D eigenvalue weighted by Gasteiger charge is -2.32. The molecular weight excluding hydrogens is 456 g/mol. The topological polar surface area (TPSA) is 91.7 Å². The number of nitrogens with zero attached hydrogens (tertiary/aromatic N) is 1. The number of furan rings is 1. The van der Waals surface area contributed by atoms with Gasteiger partial charge in [0.2, 0.25) is 11.8 Å². The Morgan fingerprint density at radius 3 is 2.29 bits per heavy atom. The van der Waals surface area contributed by atoms with Crippen LogP contribution in [-0.4, -0.2) is 30.3 Å². The molecule has 35 heavy (non-hydrogen) atoms. The van der Waals surface area contributed by atoms with E-state index in [9.17, 15) is 23.2 Å². The molecule has 1 aromatic heterocycles. The second kappa shape index (κ2) is 10.9. The molecule has 2 aromatic carbocycles. The summed E-state index contributed by atoms with van der Waals surface area (Å²) in [6, 6.07) is 12.3. The van der Waals surface area contributed by atoms with E-state index in [-0.39, 0.29) is 23.1 Å². The Labute approximate surface area is 201 Å². The lowest BCUT2D eigenvalue weighted by atomic mass is 10.0. The van der Waals surface area contributed by atoms with Gasteiger partial charge in [-0.1, -0.05) is 43.2 Å². The van der Waals surface area contributed by atoms with Crippen LogP contribution in [0.2, 0.25) is 0 Å². The number of hydrogen-bond donors (Lipinski definition) is 2. The normalized spacial score (nSPS) is 14.3. The number of rotatable bonds is 8. The van der Waals surface area contributed by atoms with Crippen LogP contribution in [0, 0.1) is 11.6 Å². The van der Waals surface area contributed by atoms with Crippen LogP contribution in [0.1, 0.15) is 47.8 Å². The van der Waals surface area contributed by atoms with E-state index in [1.54, 1.807) is 0 Å². The first kappa shape index (κ1) is 24.1. The molecule has 1 aliphatic carbocycles. The molecule has 1 saturated carbocycles. The van der Waals surface area contributed by atoms with E-state index in [4.69, 9.17) is 4.42 Å². The minimum Gasteiger partial charge on any atom is -0.459 e. The molecule has 7 nitrogen and oxygen atoms in total. The van der Waals surface area contributed by atoms with Crippen LogP contribution in [0.15, 0.2) is 71.3 Å². The SMILES string of the molecule is O=C(NCC(=O)N(c1ccccc1F)[C@H](C(=O)NC1CCCC1)c1ccccc1F)c1ccco1. The van der Waals surface area contributed by atoms with Crippen molar-refractivity contribution in [2.45, 2.75) is 37.8 Å². The highest BCUT2D eigenvalue weighted by Crippen LogP contribution is 2.32. The van der Waals surface area contributed by atoms with Crippen LogP contribution >= 0.6 is 0 Å².